The molecule has 2 aromatic heterocycles. The minimum absolute atomic E-state index is 0.110. The molecule has 2 N–H and O–H groups in total. The second-order valence-corrected chi connectivity index (χ2v) is 8.66. The number of benzene rings is 2. The summed E-state index contributed by atoms with van der Waals surface area (Å²) < 4.78 is 8.13. The number of fused-ring (bicyclic) bond motifs is 1. The lowest BCUT2D eigenvalue weighted by Crippen LogP contribution is -2.47. The van der Waals surface area contributed by atoms with Crippen LogP contribution in [-0.2, 0) is 4.79 Å². The van der Waals surface area contributed by atoms with E-state index in [2.05, 4.69) is 15.6 Å². The predicted molar refractivity (Wildman–Crippen MR) is 127 cm³/mol. The number of methoxy groups -OCH3 is 1. The van der Waals surface area contributed by atoms with E-state index in [0.29, 0.717) is 17.0 Å². The first kappa shape index (κ1) is 21.6. The van der Waals surface area contributed by atoms with E-state index in [0.717, 1.165) is 15.3 Å². The molecule has 7 nitrogen and oxygen atoms in total. The van der Waals surface area contributed by atoms with Gasteiger partial charge in [-0.2, -0.15) is 0 Å². The first-order valence-corrected chi connectivity index (χ1v) is 11.1. The van der Waals surface area contributed by atoms with E-state index in [9.17, 15) is 9.59 Å². The van der Waals surface area contributed by atoms with Crippen LogP contribution in [0.1, 0.15) is 24.2 Å². The fourth-order valence-electron chi connectivity index (χ4n) is 3.34. The number of hydrogen-bond donors (Lipinski definition) is 2. The molecule has 1 atom stereocenters. The number of nitrogens with one attached hydrogen (secondary N) is 2. The van der Waals surface area contributed by atoms with Gasteiger partial charge < -0.3 is 19.9 Å². The Balaban J connectivity index is 1.52. The minimum atomic E-state index is -0.708. The third kappa shape index (κ3) is 4.50. The van der Waals surface area contributed by atoms with Gasteiger partial charge >= 0.3 is 0 Å². The normalized spacial score (nSPS) is 12.0. The zero-order valence-electron chi connectivity index (χ0n) is 18.0. The van der Waals surface area contributed by atoms with Crippen molar-refractivity contribution in [1.82, 2.24) is 14.9 Å². The highest BCUT2D eigenvalue weighted by Crippen LogP contribution is 2.26. The summed E-state index contributed by atoms with van der Waals surface area (Å²) in [6.07, 6.45) is 3.86. The van der Waals surface area contributed by atoms with Gasteiger partial charge in [0.1, 0.15) is 11.8 Å². The second kappa shape index (κ2) is 9.23. The van der Waals surface area contributed by atoms with Gasteiger partial charge in [0.2, 0.25) is 5.91 Å². The van der Waals surface area contributed by atoms with Crippen LogP contribution in [-0.4, -0.2) is 34.5 Å². The molecule has 0 aliphatic rings. The smallest absolute Gasteiger partial charge is 0.251 e. The maximum absolute atomic E-state index is 13.0. The molecule has 4 rings (SSSR count). The molecule has 0 bridgehead atoms. The molecule has 2 aromatic carbocycles. The van der Waals surface area contributed by atoms with Crippen molar-refractivity contribution in [1.29, 1.82) is 0 Å². The van der Waals surface area contributed by atoms with Gasteiger partial charge in [0.15, 0.2) is 5.13 Å². The Morgan fingerprint density at radius 1 is 1.06 bits per heavy atom. The van der Waals surface area contributed by atoms with Gasteiger partial charge in [-0.3, -0.25) is 9.59 Å². The number of carbonyl (C=O) groups excluding carboxylic acids is 2. The van der Waals surface area contributed by atoms with Crippen molar-refractivity contribution in [2.45, 2.75) is 19.9 Å². The molecule has 0 saturated carbocycles. The fraction of sp³-hybridized carbons (Fsp3) is 0.208. The molecular formula is C24H24N4O3S. The van der Waals surface area contributed by atoms with Crippen LogP contribution in [0.2, 0.25) is 0 Å². The van der Waals surface area contributed by atoms with E-state index >= 15 is 0 Å². The number of ether oxygens (including phenoxy) is 1. The molecule has 4 aromatic rings. The van der Waals surface area contributed by atoms with Gasteiger partial charge in [0.25, 0.3) is 5.91 Å². The van der Waals surface area contributed by atoms with Gasteiger partial charge in [-0.1, -0.05) is 37.3 Å². The Morgan fingerprint density at radius 2 is 1.81 bits per heavy atom. The van der Waals surface area contributed by atoms with Crippen LogP contribution >= 0.6 is 11.3 Å². The van der Waals surface area contributed by atoms with Gasteiger partial charge in [0, 0.05) is 18.0 Å². The Bertz CT molecular complexity index is 1250. The first-order chi connectivity index (χ1) is 15.5. The first-order valence-electron chi connectivity index (χ1n) is 10.2. The molecule has 0 aliphatic carbocycles. The number of carbonyl (C=O) groups is 2. The largest absolute Gasteiger partial charge is 0.495 e. The van der Waals surface area contributed by atoms with Crippen molar-refractivity contribution in [2.75, 3.05) is 12.4 Å². The minimum Gasteiger partial charge on any atom is -0.495 e. The van der Waals surface area contributed by atoms with Crippen molar-refractivity contribution in [3.8, 4) is 10.9 Å². The zero-order chi connectivity index (χ0) is 22.7. The van der Waals surface area contributed by atoms with Crippen LogP contribution in [0.4, 0.5) is 5.69 Å². The van der Waals surface area contributed by atoms with Crippen LogP contribution < -0.4 is 15.4 Å². The molecule has 0 fully saturated rings. The van der Waals surface area contributed by atoms with Crippen LogP contribution in [0.15, 0.2) is 67.0 Å². The maximum atomic E-state index is 13.0. The highest BCUT2D eigenvalue weighted by Gasteiger charge is 2.25. The molecular weight excluding hydrogens is 424 g/mol. The molecule has 32 heavy (non-hydrogen) atoms. The summed E-state index contributed by atoms with van der Waals surface area (Å²) in [6, 6.07) is 15.7. The van der Waals surface area contributed by atoms with Crippen LogP contribution in [0.25, 0.3) is 15.3 Å². The summed E-state index contributed by atoms with van der Waals surface area (Å²) in [7, 11) is 1.55. The van der Waals surface area contributed by atoms with Gasteiger partial charge in [-0.15, -0.1) is 0 Å². The molecule has 0 aliphatic heterocycles. The summed E-state index contributed by atoms with van der Waals surface area (Å²) in [5.74, 6) is -0.159. The van der Waals surface area contributed by atoms with E-state index in [1.807, 2.05) is 67.2 Å². The lowest BCUT2D eigenvalue weighted by molar-refractivity contribution is -0.118. The van der Waals surface area contributed by atoms with Gasteiger partial charge in [-0.25, -0.2) is 4.98 Å². The van der Waals surface area contributed by atoms with Crippen molar-refractivity contribution in [3.63, 3.8) is 0 Å². The molecule has 0 radical (unpaired) electrons. The SMILES string of the molecule is COc1ccccc1NC(=O)[C@@H](NC(=O)c1ccc2nc(-n3cccc3)sc2c1)C(C)C. The van der Waals surface area contributed by atoms with Crippen LogP contribution in [0, 0.1) is 5.92 Å². The number of nitrogens with zero attached hydrogens (tertiary/aromatic N) is 2. The third-order valence-corrected chi connectivity index (χ3v) is 6.10. The topological polar surface area (TPSA) is 85.2 Å². The highest BCUT2D eigenvalue weighted by atomic mass is 32.1. The van der Waals surface area contributed by atoms with E-state index in [1.54, 1.807) is 25.3 Å². The number of rotatable bonds is 7. The summed E-state index contributed by atoms with van der Waals surface area (Å²) in [6.45, 7) is 3.78. The second-order valence-electron chi connectivity index (χ2n) is 7.65. The van der Waals surface area contributed by atoms with Gasteiger partial charge in [-0.05, 0) is 48.4 Å². The number of anilines is 1. The molecule has 2 amide bonds. The number of hydrogen-bond acceptors (Lipinski definition) is 5. The van der Waals surface area contributed by atoms with E-state index in [4.69, 9.17) is 4.74 Å². The van der Waals surface area contributed by atoms with E-state index in [1.165, 1.54) is 11.3 Å². The summed E-state index contributed by atoms with van der Waals surface area (Å²) in [5, 5.41) is 6.57. The van der Waals surface area contributed by atoms with Crippen molar-refractivity contribution in [3.05, 3.63) is 72.6 Å². The number of aromatic nitrogens is 2. The summed E-state index contributed by atoms with van der Waals surface area (Å²) >= 11 is 1.50. The zero-order valence-corrected chi connectivity index (χ0v) is 18.8. The summed E-state index contributed by atoms with van der Waals surface area (Å²) in [5.41, 5.74) is 1.86. The Labute approximate surface area is 190 Å². The lowest BCUT2D eigenvalue weighted by Gasteiger charge is -2.22. The predicted octanol–water partition coefficient (Wildman–Crippen LogP) is 4.49. The lowest BCUT2D eigenvalue weighted by atomic mass is 10.0. The monoisotopic (exact) mass is 448 g/mol. The van der Waals surface area contributed by atoms with Crippen molar-refractivity contribution >= 4 is 39.1 Å². The number of amides is 2. The van der Waals surface area contributed by atoms with E-state index < -0.39 is 6.04 Å². The molecule has 0 unspecified atom stereocenters. The molecule has 0 spiro atoms. The van der Waals surface area contributed by atoms with Crippen LogP contribution in [0.5, 0.6) is 5.75 Å². The fourth-order valence-corrected chi connectivity index (χ4v) is 4.32. The average Bonchev–Trinajstić information content (AvgIpc) is 3.46. The molecule has 164 valence electrons. The molecule has 8 heteroatoms. The number of para-hydroxylation sites is 2. The maximum Gasteiger partial charge on any atom is 0.251 e. The van der Waals surface area contributed by atoms with Crippen molar-refractivity contribution in [2.24, 2.45) is 5.92 Å². The Hall–Kier alpha value is -3.65. The highest BCUT2D eigenvalue weighted by molar-refractivity contribution is 7.20. The van der Waals surface area contributed by atoms with Gasteiger partial charge in [0.05, 0.1) is 23.0 Å². The molecule has 0 saturated heterocycles. The van der Waals surface area contributed by atoms with E-state index in [-0.39, 0.29) is 17.7 Å². The summed E-state index contributed by atoms with van der Waals surface area (Å²) in [4.78, 5) is 30.5. The Morgan fingerprint density at radius 3 is 2.53 bits per heavy atom. The van der Waals surface area contributed by atoms with Crippen LogP contribution in [0.3, 0.4) is 0 Å². The Kier molecular flexibility index (Phi) is 6.23. The quantitative estimate of drug-likeness (QED) is 0.436. The third-order valence-electron chi connectivity index (χ3n) is 5.07. The standard InChI is InChI=1S/C24H24N4O3S/c1-15(2)21(23(30)25-17-8-4-5-9-19(17)31-3)27-22(29)16-10-11-18-20(14-16)32-24(26-18)28-12-6-7-13-28/h4-15,21H,1-3H3,(H,25,30)(H,27,29)/t21-/m0/s1. The molecule has 2 heterocycles. The van der Waals surface area contributed by atoms with Crippen molar-refractivity contribution < 1.29 is 14.3 Å². The number of thiazole rings is 1. The average molecular weight is 449 g/mol.